The van der Waals surface area contributed by atoms with Gasteiger partial charge in [-0.05, 0) is 28.8 Å². The van der Waals surface area contributed by atoms with Crippen molar-refractivity contribution in [2.75, 3.05) is 13.1 Å². The number of benzene rings is 2. The van der Waals surface area contributed by atoms with Crippen LogP contribution in [0.15, 0.2) is 36.4 Å². The van der Waals surface area contributed by atoms with Crippen LogP contribution in [-0.4, -0.2) is 40.6 Å². The number of fused-ring (bicyclic) bond motifs is 1. The molecule has 2 aromatic carbocycles. The van der Waals surface area contributed by atoms with Crippen LogP contribution in [0.4, 0.5) is 4.79 Å². The molecule has 132 valence electrons. The molecule has 2 aromatic rings. The maximum Gasteiger partial charge on any atom is 0.317 e. The van der Waals surface area contributed by atoms with Gasteiger partial charge in [0, 0.05) is 32.5 Å². The zero-order valence-electron chi connectivity index (χ0n) is 14.3. The Labute approximate surface area is 146 Å². The summed E-state index contributed by atoms with van der Waals surface area (Å²) in [7, 11) is 0. The van der Waals surface area contributed by atoms with Crippen molar-refractivity contribution < 1.29 is 14.7 Å². The van der Waals surface area contributed by atoms with Crippen molar-refractivity contribution in [1.29, 1.82) is 0 Å². The number of urea groups is 1. The minimum Gasteiger partial charge on any atom is -0.380 e. The van der Waals surface area contributed by atoms with E-state index in [1.807, 2.05) is 18.2 Å². The summed E-state index contributed by atoms with van der Waals surface area (Å²) in [4.78, 5) is 25.2. The summed E-state index contributed by atoms with van der Waals surface area (Å²) in [5.41, 5.74) is 5.98. The van der Waals surface area contributed by atoms with Crippen molar-refractivity contribution in [2.45, 2.75) is 31.9 Å². The third-order valence-electron chi connectivity index (χ3n) is 5.00. The molecule has 1 aliphatic rings. The number of carbonyl (C=O) groups is 2. The van der Waals surface area contributed by atoms with E-state index in [1.54, 1.807) is 4.90 Å². The van der Waals surface area contributed by atoms with Crippen molar-refractivity contribution in [2.24, 2.45) is 5.73 Å². The molecule has 1 aliphatic heterocycles. The molecular weight excluding hydrogens is 318 g/mol. The molecule has 4 N–H and O–H groups in total. The van der Waals surface area contributed by atoms with Gasteiger partial charge in [-0.1, -0.05) is 36.4 Å². The lowest BCUT2D eigenvalue weighted by Crippen LogP contribution is -2.54. The summed E-state index contributed by atoms with van der Waals surface area (Å²) in [6.45, 7) is 3.11. The number of nitrogens with two attached hydrogens (primary N) is 1. The molecule has 0 aromatic heterocycles. The van der Waals surface area contributed by atoms with E-state index >= 15 is 0 Å². The zero-order valence-corrected chi connectivity index (χ0v) is 14.3. The molecule has 6 heteroatoms. The highest BCUT2D eigenvalue weighted by Crippen LogP contribution is 2.23. The average molecular weight is 341 g/mol. The van der Waals surface area contributed by atoms with E-state index in [4.69, 9.17) is 5.73 Å². The van der Waals surface area contributed by atoms with Crippen LogP contribution in [-0.2, 0) is 11.3 Å². The molecule has 1 fully saturated rings. The highest BCUT2D eigenvalue weighted by molar-refractivity contribution is 5.89. The van der Waals surface area contributed by atoms with Gasteiger partial charge in [-0.15, -0.1) is 0 Å². The summed E-state index contributed by atoms with van der Waals surface area (Å²) in [6.07, 6.45) is 0.340. The van der Waals surface area contributed by atoms with Crippen molar-refractivity contribution >= 4 is 22.7 Å². The number of aliphatic hydroxyl groups is 1. The van der Waals surface area contributed by atoms with Crippen LogP contribution in [0.1, 0.15) is 24.0 Å². The first kappa shape index (κ1) is 17.2. The summed E-state index contributed by atoms with van der Waals surface area (Å²) < 4.78 is 0. The molecule has 0 saturated carbocycles. The Morgan fingerprint density at radius 1 is 1.16 bits per heavy atom. The van der Waals surface area contributed by atoms with E-state index in [0.717, 1.165) is 10.9 Å². The molecule has 1 heterocycles. The van der Waals surface area contributed by atoms with E-state index in [2.05, 4.69) is 30.4 Å². The van der Waals surface area contributed by atoms with E-state index < -0.39 is 11.5 Å². The Morgan fingerprint density at radius 3 is 2.44 bits per heavy atom. The van der Waals surface area contributed by atoms with Gasteiger partial charge in [0.25, 0.3) is 0 Å². The second-order valence-electron chi connectivity index (χ2n) is 6.63. The van der Waals surface area contributed by atoms with Crippen LogP contribution in [0, 0.1) is 6.92 Å². The molecule has 0 aliphatic carbocycles. The number of likely N-dealkylation sites (tertiary alicyclic amines) is 1. The summed E-state index contributed by atoms with van der Waals surface area (Å²) in [6, 6.07) is 12.0. The number of aryl methyl sites for hydroxylation is 1. The first-order valence-electron chi connectivity index (χ1n) is 8.43. The number of amides is 3. The SMILES string of the molecule is Cc1ccc(CNC(=O)N2CCC(O)(C(N)=O)CC2)c2ccccc12. The number of rotatable bonds is 3. The van der Waals surface area contributed by atoms with Crippen LogP contribution in [0.5, 0.6) is 0 Å². The number of primary amides is 1. The molecule has 6 nitrogen and oxygen atoms in total. The lowest BCUT2D eigenvalue weighted by atomic mass is 9.91. The van der Waals surface area contributed by atoms with Crippen molar-refractivity contribution in [1.82, 2.24) is 10.2 Å². The fourth-order valence-corrected chi connectivity index (χ4v) is 3.28. The highest BCUT2D eigenvalue weighted by atomic mass is 16.3. The number of nitrogens with zero attached hydrogens (tertiary/aromatic N) is 1. The van der Waals surface area contributed by atoms with Crippen molar-refractivity contribution in [3.8, 4) is 0 Å². The molecule has 1 saturated heterocycles. The number of hydrogen-bond acceptors (Lipinski definition) is 3. The standard InChI is InChI=1S/C19H23N3O3/c1-13-6-7-14(16-5-3-2-4-15(13)16)12-21-18(24)22-10-8-19(25,9-11-22)17(20)23/h2-7,25H,8-12H2,1H3,(H2,20,23)(H,21,24). The minimum atomic E-state index is -1.50. The minimum absolute atomic E-state index is 0.170. The van der Waals surface area contributed by atoms with Crippen LogP contribution in [0.25, 0.3) is 10.8 Å². The Hall–Kier alpha value is -2.60. The maximum absolute atomic E-state index is 12.4. The van der Waals surface area contributed by atoms with Crippen LogP contribution in [0.3, 0.4) is 0 Å². The molecule has 0 radical (unpaired) electrons. The van der Waals surface area contributed by atoms with Gasteiger partial charge in [-0.2, -0.15) is 0 Å². The lowest BCUT2D eigenvalue weighted by molar-refractivity contribution is -0.140. The summed E-state index contributed by atoms with van der Waals surface area (Å²) >= 11 is 0. The predicted octanol–water partition coefficient (Wildman–Crippen LogP) is 1.67. The fourth-order valence-electron chi connectivity index (χ4n) is 3.28. The predicted molar refractivity (Wildman–Crippen MR) is 95.9 cm³/mol. The van der Waals surface area contributed by atoms with Gasteiger partial charge < -0.3 is 21.1 Å². The Kier molecular flexibility index (Phi) is 4.63. The van der Waals surface area contributed by atoms with Gasteiger partial charge in [0.2, 0.25) is 5.91 Å². The van der Waals surface area contributed by atoms with Gasteiger partial charge in [0.15, 0.2) is 0 Å². The Bertz CT molecular complexity index is 811. The number of piperidine rings is 1. The quantitative estimate of drug-likeness (QED) is 0.792. The van der Waals surface area contributed by atoms with Gasteiger partial charge in [0.1, 0.15) is 5.60 Å². The smallest absolute Gasteiger partial charge is 0.317 e. The van der Waals surface area contributed by atoms with E-state index in [1.165, 1.54) is 10.9 Å². The van der Waals surface area contributed by atoms with Gasteiger partial charge in [-0.3, -0.25) is 4.79 Å². The highest BCUT2D eigenvalue weighted by Gasteiger charge is 2.38. The second kappa shape index (κ2) is 6.72. The van der Waals surface area contributed by atoms with Gasteiger partial charge in [-0.25, -0.2) is 4.79 Å². The fraction of sp³-hybridized carbons (Fsp3) is 0.368. The molecule has 0 bridgehead atoms. The largest absolute Gasteiger partial charge is 0.380 e. The molecule has 0 unspecified atom stereocenters. The van der Waals surface area contributed by atoms with E-state index in [-0.39, 0.29) is 18.9 Å². The van der Waals surface area contributed by atoms with Crippen molar-refractivity contribution in [3.63, 3.8) is 0 Å². The Morgan fingerprint density at radius 2 is 1.80 bits per heavy atom. The average Bonchev–Trinajstić information content (AvgIpc) is 2.62. The third-order valence-corrected chi connectivity index (χ3v) is 5.00. The summed E-state index contributed by atoms with van der Waals surface area (Å²) in [5, 5.41) is 15.3. The van der Waals surface area contributed by atoms with Crippen LogP contribution in [0.2, 0.25) is 0 Å². The van der Waals surface area contributed by atoms with Crippen LogP contribution >= 0.6 is 0 Å². The molecular formula is C19H23N3O3. The second-order valence-corrected chi connectivity index (χ2v) is 6.63. The van der Waals surface area contributed by atoms with Gasteiger partial charge in [0.05, 0.1) is 0 Å². The van der Waals surface area contributed by atoms with E-state index in [0.29, 0.717) is 19.6 Å². The molecule has 0 atom stereocenters. The first-order valence-corrected chi connectivity index (χ1v) is 8.43. The van der Waals surface area contributed by atoms with E-state index in [9.17, 15) is 14.7 Å². The van der Waals surface area contributed by atoms with Gasteiger partial charge >= 0.3 is 6.03 Å². The molecule has 3 amide bonds. The topological polar surface area (TPSA) is 95.7 Å². The Balaban J connectivity index is 1.64. The normalized spacial score (nSPS) is 16.6. The lowest BCUT2D eigenvalue weighted by Gasteiger charge is -2.35. The number of nitrogens with one attached hydrogen (secondary N) is 1. The van der Waals surface area contributed by atoms with Crippen LogP contribution < -0.4 is 11.1 Å². The first-order chi connectivity index (χ1) is 11.9. The number of carbonyl (C=O) groups excluding carboxylic acids is 2. The molecule has 25 heavy (non-hydrogen) atoms. The number of hydrogen-bond donors (Lipinski definition) is 3. The monoisotopic (exact) mass is 341 g/mol. The van der Waals surface area contributed by atoms with Crippen molar-refractivity contribution in [3.05, 3.63) is 47.5 Å². The molecule has 0 spiro atoms. The maximum atomic E-state index is 12.4. The zero-order chi connectivity index (χ0) is 18.0. The summed E-state index contributed by atoms with van der Waals surface area (Å²) in [5.74, 6) is -0.723. The molecule has 3 rings (SSSR count). The third kappa shape index (κ3) is 3.44.